The van der Waals surface area contributed by atoms with E-state index in [1.165, 1.54) is 30.5 Å². The minimum Gasteiger partial charge on any atom is -0.496 e. The molecule has 2 N–H and O–H groups in total. The van der Waals surface area contributed by atoms with Crippen LogP contribution in [0.2, 0.25) is 0 Å². The summed E-state index contributed by atoms with van der Waals surface area (Å²) in [6.07, 6.45) is 3.49. The van der Waals surface area contributed by atoms with Crippen LogP contribution in [0.4, 0.5) is 0 Å². The first kappa shape index (κ1) is 22.0. The highest BCUT2D eigenvalue weighted by molar-refractivity contribution is 14.0. The molecular formula is C19H33IN4O. The maximum absolute atomic E-state index is 5.40. The van der Waals surface area contributed by atoms with Gasteiger partial charge in [0.25, 0.3) is 0 Å². The number of benzene rings is 1. The number of hydrogen-bond acceptors (Lipinski definition) is 3. The van der Waals surface area contributed by atoms with Crippen LogP contribution in [0.3, 0.4) is 0 Å². The zero-order chi connectivity index (χ0) is 17.4. The van der Waals surface area contributed by atoms with Crippen LogP contribution >= 0.6 is 24.0 Å². The van der Waals surface area contributed by atoms with Crippen LogP contribution in [0, 0.1) is 6.92 Å². The van der Waals surface area contributed by atoms with Gasteiger partial charge in [0.05, 0.1) is 13.7 Å². The zero-order valence-electron chi connectivity index (χ0n) is 16.0. The van der Waals surface area contributed by atoms with Crippen molar-refractivity contribution in [1.29, 1.82) is 0 Å². The van der Waals surface area contributed by atoms with Crippen LogP contribution in [0.1, 0.15) is 30.9 Å². The van der Waals surface area contributed by atoms with E-state index in [0.717, 1.165) is 37.8 Å². The second-order valence-corrected chi connectivity index (χ2v) is 6.48. The number of rotatable bonds is 7. The molecule has 25 heavy (non-hydrogen) atoms. The van der Waals surface area contributed by atoms with E-state index >= 15 is 0 Å². The Bertz CT molecular complexity index is 550. The highest BCUT2D eigenvalue weighted by atomic mass is 127. The number of likely N-dealkylation sites (N-methyl/N-ethyl adjacent to an activating group) is 1. The molecule has 0 amide bonds. The second-order valence-electron chi connectivity index (χ2n) is 6.48. The van der Waals surface area contributed by atoms with Crippen LogP contribution < -0.4 is 15.4 Å². The summed E-state index contributed by atoms with van der Waals surface area (Å²) in [5.41, 5.74) is 2.45. The van der Waals surface area contributed by atoms with E-state index in [1.54, 1.807) is 7.11 Å². The zero-order valence-corrected chi connectivity index (χ0v) is 18.3. The molecule has 1 aliphatic heterocycles. The predicted molar refractivity (Wildman–Crippen MR) is 116 cm³/mol. The Morgan fingerprint density at radius 2 is 2.16 bits per heavy atom. The Balaban J connectivity index is 0.00000312. The Morgan fingerprint density at radius 1 is 1.36 bits per heavy atom. The van der Waals surface area contributed by atoms with E-state index in [1.807, 2.05) is 0 Å². The molecule has 2 rings (SSSR count). The lowest BCUT2D eigenvalue weighted by Gasteiger charge is -2.18. The summed E-state index contributed by atoms with van der Waals surface area (Å²) < 4.78 is 5.40. The van der Waals surface area contributed by atoms with Gasteiger partial charge in [-0.05, 0) is 63.9 Å². The lowest BCUT2D eigenvalue weighted by Crippen LogP contribution is -2.39. The van der Waals surface area contributed by atoms with Crippen LogP contribution in [-0.4, -0.2) is 57.2 Å². The third-order valence-electron chi connectivity index (χ3n) is 4.65. The number of aryl methyl sites for hydroxylation is 1. The molecule has 1 heterocycles. The highest BCUT2D eigenvalue weighted by Crippen LogP contribution is 2.19. The van der Waals surface area contributed by atoms with Crippen LogP contribution in [0.15, 0.2) is 23.2 Å². The minimum atomic E-state index is 0. The first-order valence-electron chi connectivity index (χ1n) is 9.00. The molecule has 0 radical (unpaired) electrons. The van der Waals surface area contributed by atoms with Crippen molar-refractivity contribution >= 4 is 29.9 Å². The normalized spacial score (nSPS) is 17.9. The third-order valence-corrected chi connectivity index (χ3v) is 4.65. The fraction of sp³-hybridized carbons (Fsp3) is 0.632. The first-order valence-corrected chi connectivity index (χ1v) is 9.00. The van der Waals surface area contributed by atoms with Crippen molar-refractivity contribution in [1.82, 2.24) is 15.5 Å². The van der Waals surface area contributed by atoms with Gasteiger partial charge in [0.2, 0.25) is 0 Å². The van der Waals surface area contributed by atoms with E-state index in [2.05, 4.69) is 54.6 Å². The average Bonchev–Trinajstić information content (AvgIpc) is 2.99. The van der Waals surface area contributed by atoms with Crippen molar-refractivity contribution in [2.75, 3.05) is 40.3 Å². The fourth-order valence-corrected chi connectivity index (χ4v) is 3.09. The molecule has 1 aliphatic rings. The third kappa shape index (κ3) is 7.01. The van der Waals surface area contributed by atoms with Crippen molar-refractivity contribution < 1.29 is 4.74 Å². The smallest absolute Gasteiger partial charge is 0.191 e. The van der Waals surface area contributed by atoms with Crippen molar-refractivity contribution in [3.8, 4) is 5.75 Å². The maximum Gasteiger partial charge on any atom is 0.191 e. The molecule has 1 unspecified atom stereocenters. The number of hydrogen-bond donors (Lipinski definition) is 2. The van der Waals surface area contributed by atoms with E-state index < -0.39 is 0 Å². The molecule has 5 nitrogen and oxygen atoms in total. The number of guanidine groups is 1. The largest absolute Gasteiger partial charge is 0.496 e. The van der Waals surface area contributed by atoms with E-state index in [4.69, 9.17) is 9.73 Å². The second kappa shape index (κ2) is 11.6. The quantitative estimate of drug-likeness (QED) is 0.373. The topological polar surface area (TPSA) is 48.9 Å². The van der Waals surface area contributed by atoms with Gasteiger partial charge in [-0.3, -0.25) is 4.99 Å². The fourth-order valence-electron chi connectivity index (χ4n) is 3.09. The lowest BCUT2D eigenvalue weighted by molar-refractivity contribution is 0.317. The van der Waals surface area contributed by atoms with Gasteiger partial charge in [-0.25, -0.2) is 0 Å². The lowest BCUT2D eigenvalue weighted by atomic mass is 10.1. The molecule has 0 bridgehead atoms. The van der Waals surface area contributed by atoms with Gasteiger partial charge >= 0.3 is 0 Å². The molecule has 6 heteroatoms. The van der Waals surface area contributed by atoms with Crippen LogP contribution in [-0.2, 0) is 6.42 Å². The van der Waals surface area contributed by atoms with Gasteiger partial charge in [-0.1, -0.05) is 12.1 Å². The van der Waals surface area contributed by atoms with Gasteiger partial charge in [-0.15, -0.1) is 24.0 Å². The summed E-state index contributed by atoms with van der Waals surface area (Å²) in [4.78, 5) is 7.16. The monoisotopic (exact) mass is 460 g/mol. The summed E-state index contributed by atoms with van der Waals surface area (Å²) in [5.74, 6) is 1.87. The van der Waals surface area contributed by atoms with Gasteiger partial charge in [0, 0.05) is 19.1 Å². The number of methoxy groups -OCH3 is 1. The highest BCUT2D eigenvalue weighted by Gasteiger charge is 2.20. The number of nitrogens with one attached hydrogen (secondary N) is 2. The first-order chi connectivity index (χ1) is 11.6. The summed E-state index contributed by atoms with van der Waals surface area (Å²) in [6, 6.07) is 6.98. The molecule has 0 spiro atoms. The standard InChI is InChI=1S/C19H32N4O.HI/c1-5-20-19(22-14-17-7-6-12-23(17)3)21-11-10-16-9-8-15(2)18(13-16)24-4;/h8-9,13,17H,5-7,10-12,14H2,1-4H3,(H2,20,21,22);1H. The predicted octanol–water partition coefficient (Wildman–Crippen LogP) is 2.81. The molecular weight excluding hydrogens is 427 g/mol. The summed E-state index contributed by atoms with van der Waals surface area (Å²) in [6.45, 7) is 7.97. The summed E-state index contributed by atoms with van der Waals surface area (Å²) in [5, 5.41) is 6.77. The SMILES string of the molecule is CCNC(=NCC1CCCN1C)NCCc1ccc(C)c(OC)c1.I. The van der Waals surface area contributed by atoms with Gasteiger partial charge in [0.15, 0.2) is 5.96 Å². The van der Waals surface area contributed by atoms with Gasteiger partial charge in [0.1, 0.15) is 5.75 Å². The van der Waals surface area contributed by atoms with Gasteiger partial charge < -0.3 is 20.3 Å². The van der Waals surface area contributed by atoms with Gasteiger partial charge in [-0.2, -0.15) is 0 Å². The molecule has 142 valence electrons. The van der Waals surface area contributed by atoms with Crippen LogP contribution in [0.25, 0.3) is 0 Å². The van der Waals surface area contributed by atoms with E-state index in [9.17, 15) is 0 Å². The molecule has 1 fully saturated rings. The van der Waals surface area contributed by atoms with Crippen molar-refractivity contribution in [2.45, 2.75) is 39.2 Å². The molecule has 0 saturated carbocycles. The van der Waals surface area contributed by atoms with Crippen molar-refractivity contribution in [3.05, 3.63) is 29.3 Å². The van der Waals surface area contributed by atoms with Crippen molar-refractivity contribution in [3.63, 3.8) is 0 Å². The number of halogens is 1. The Morgan fingerprint density at radius 3 is 2.80 bits per heavy atom. The minimum absolute atomic E-state index is 0. The average molecular weight is 460 g/mol. The Kier molecular flexibility index (Phi) is 10.2. The number of nitrogens with zero attached hydrogens (tertiary/aromatic N) is 2. The molecule has 1 aromatic carbocycles. The van der Waals surface area contributed by atoms with Crippen LogP contribution in [0.5, 0.6) is 5.75 Å². The Labute approximate surface area is 169 Å². The number of ether oxygens (including phenoxy) is 1. The molecule has 1 saturated heterocycles. The molecule has 0 aliphatic carbocycles. The van der Waals surface area contributed by atoms with E-state index in [-0.39, 0.29) is 24.0 Å². The van der Waals surface area contributed by atoms with E-state index in [0.29, 0.717) is 6.04 Å². The van der Waals surface area contributed by atoms with Crippen molar-refractivity contribution in [2.24, 2.45) is 4.99 Å². The summed E-state index contributed by atoms with van der Waals surface area (Å²) in [7, 11) is 3.92. The molecule has 0 aromatic heterocycles. The Hall–Kier alpha value is -1.02. The molecule has 1 atom stereocenters. The maximum atomic E-state index is 5.40. The summed E-state index contributed by atoms with van der Waals surface area (Å²) >= 11 is 0. The number of likely N-dealkylation sites (tertiary alicyclic amines) is 1. The molecule has 1 aromatic rings. The number of aliphatic imine (C=N–C) groups is 1.